The van der Waals surface area contributed by atoms with Gasteiger partial charge in [0.05, 0.1) is 11.0 Å². The number of carbonyl (C=O) groups excluding carboxylic acids is 1. The van der Waals surface area contributed by atoms with Crippen molar-refractivity contribution < 1.29 is 10.0 Å². The highest BCUT2D eigenvalue weighted by Crippen LogP contribution is 2.23. The van der Waals surface area contributed by atoms with Crippen LogP contribution < -0.4 is 5.48 Å². The number of rotatable bonds is 5. The predicted molar refractivity (Wildman–Crippen MR) is 110 cm³/mol. The van der Waals surface area contributed by atoms with Crippen molar-refractivity contribution in [1.82, 2.24) is 15.4 Å². The van der Waals surface area contributed by atoms with E-state index in [0.717, 1.165) is 33.5 Å². The molecule has 1 heterocycles. The summed E-state index contributed by atoms with van der Waals surface area (Å²) in [6, 6.07) is 24.4. The number of aromatic amines is 1. The second-order valence-electron chi connectivity index (χ2n) is 6.51. The molecule has 4 rings (SSSR count). The number of amides is 1. The molecule has 0 radical (unpaired) electrons. The lowest BCUT2D eigenvalue weighted by atomic mass is 10.1. The van der Waals surface area contributed by atoms with Crippen LogP contribution in [0.1, 0.15) is 17.0 Å². The van der Waals surface area contributed by atoms with E-state index in [1.807, 2.05) is 48.5 Å². The lowest BCUT2D eigenvalue weighted by molar-refractivity contribution is -0.124. The highest BCUT2D eigenvalue weighted by Gasteiger charge is 2.06. The summed E-state index contributed by atoms with van der Waals surface area (Å²) < 4.78 is 0. The number of aromatic nitrogens is 2. The molecule has 5 heteroatoms. The number of benzene rings is 3. The van der Waals surface area contributed by atoms with Gasteiger partial charge in [0, 0.05) is 12.5 Å². The molecule has 5 nitrogen and oxygen atoms in total. The average molecular weight is 369 g/mol. The molecule has 0 aliphatic rings. The molecule has 1 amide bonds. The maximum absolute atomic E-state index is 11.0. The summed E-state index contributed by atoms with van der Waals surface area (Å²) in [4.78, 5) is 19.1. The molecule has 0 bridgehead atoms. The topological polar surface area (TPSA) is 78.0 Å². The molecule has 3 aromatic carbocycles. The first-order valence-corrected chi connectivity index (χ1v) is 8.96. The van der Waals surface area contributed by atoms with Gasteiger partial charge in [0.1, 0.15) is 5.82 Å². The van der Waals surface area contributed by atoms with Gasteiger partial charge in [0.15, 0.2) is 0 Å². The number of H-pyrrole nitrogens is 1. The summed E-state index contributed by atoms with van der Waals surface area (Å²) in [5.74, 6) is 0.351. The minimum absolute atomic E-state index is 0.554. The molecule has 0 fully saturated rings. The Morgan fingerprint density at radius 1 is 1.00 bits per heavy atom. The number of nitrogens with zero attached hydrogens (tertiary/aromatic N) is 1. The van der Waals surface area contributed by atoms with Crippen LogP contribution in [0.5, 0.6) is 0 Å². The van der Waals surface area contributed by atoms with Gasteiger partial charge in [-0.3, -0.25) is 10.0 Å². The van der Waals surface area contributed by atoms with Gasteiger partial charge in [0.25, 0.3) is 5.91 Å². The van der Waals surface area contributed by atoms with E-state index in [1.54, 1.807) is 11.6 Å². The van der Waals surface area contributed by atoms with Crippen molar-refractivity contribution >= 4 is 23.0 Å². The SMILES string of the molecule is O=C(/C=C/c1ccc(Cc2nc3ccc(-c4ccccc4)cc3[nH]2)cc1)NO. The van der Waals surface area contributed by atoms with Gasteiger partial charge in [0.2, 0.25) is 0 Å². The first kappa shape index (κ1) is 17.7. The van der Waals surface area contributed by atoms with Gasteiger partial charge in [-0.15, -0.1) is 0 Å². The molecule has 0 atom stereocenters. The van der Waals surface area contributed by atoms with E-state index in [-0.39, 0.29) is 0 Å². The van der Waals surface area contributed by atoms with E-state index in [0.29, 0.717) is 6.42 Å². The number of hydrogen-bond acceptors (Lipinski definition) is 3. The molecule has 0 saturated carbocycles. The van der Waals surface area contributed by atoms with Crippen molar-refractivity contribution in [2.24, 2.45) is 0 Å². The normalized spacial score (nSPS) is 11.2. The van der Waals surface area contributed by atoms with Crippen LogP contribution in [0.4, 0.5) is 0 Å². The molecule has 0 spiro atoms. The number of carbonyl (C=O) groups is 1. The second-order valence-corrected chi connectivity index (χ2v) is 6.51. The highest BCUT2D eigenvalue weighted by atomic mass is 16.5. The Labute approximate surface area is 162 Å². The number of hydroxylamine groups is 1. The fourth-order valence-corrected chi connectivity index (χ4v) is 3.11. The second kappa shape index (κ2) is 7.90. The lowest BCUT2D eigenvalue weighted by Gasteiger charge is -2.00. The largest absolute Gasteiger partial charge is 0.342 e. The smallest absolute Gasteiger partial charge is 0.267 e. The minimum atomic E-state index is -0.554. The molecule has 0 aliphatic heterocycles. The van der Waals surface area contributed by atoms with Crippen molar-refractivity contribution in [1.29, 1.82) is 0 Å². The molecular formula is C23H19N3O2. The third kappa shape index (κ3) is 4.00. The van der Waals surface area contributed by atoms with Gasteiger partial charge < -0.3 is 4.98 Å². The van der Waals surface area contributed by atoms with Crippen LogP contribution in [0.15, 0.2) is 78.9 Å². The van der Waals surface area contributed by atoms with Crippen molar-refractivity contribution in [3.05, 3.63) is 95.8 Å². The molecule has 4 aromatic rings. The quantitative estimate of drug-likeness (QED) is 0.278. The lowest BCUT2D eigenvalue weighted by Crippen LogP contribution is -2.14. The Balaban J connectivity index is 1.52. The van der Waals surface area contributed by atoms with Gasteiger partial charge in [-0.2, -0.15) is 0 Å². The van der Waals surface area contributed by atoms with E-state index >= 15 is 0 Å². The number of hydrogen-bond donors (Lipinski definition) is 3. The van der Waals surface area contributed by atoms with Crippen LogP contribution in [0.3, 0.4) is 0 Å². The number of fused-ring (bicyclic) bond motifs is 1. The fourth-order valence-electron chi connectivity index (χ4n) is 3.11. The van der Waals surface area contributed by atoms with E-state index in [1.165, 1.54) is 11.6 Å². The molecule has 138 valence electrons. The van der Waals surface area contributed by atoms with Crippen LogP contribution in [-0.4, -0.2) is 21.1 Å². The Bertz CT molecular complexity index is 1130. The molecule has 0 aliphatic carbocycles. The standard InChI is InChI=1S/C23H19N3O2/c27-23(26-28)13-10-16-6-8-17(9-7-16)14-22-24-20-12-11-19(15-21(20)25-22)18-4-2-1-3-5-18/h1-13,15,28H,14H2,(H,24,25)(H,26,27)/b13-10+. The van der Waals surface area contributed by atoms with Crippen LogP contribution in [-0.2, 0) is 11.2 Å². The summed E-state index contributed by atoms with van der Waals surface area (Å²) >= 11 is 0. The molecule has 0 unspecified atom stereocenters. The summed E-state index contributed by atoms with van der Waals surface area (Å²) in [6.07, 6.45) is 3.61. The van der Waals surface area contributed by atoms with Crippen molar-refractivity contribution in [2.75, 3.05) is 0 Å². The highest BCUT2D eigenvalue weighted by molar-refractivity contribution is 5.90. The number of nitrogens with one attached hydrogen (secondary N) is 2. The zero-order valence-electron chi connectivity index (χ0n) is 15.1. The Morgan fingerprint density at radius 2 is 1.79 bits per heavy atom. The molecule has 1 aromatic heterocycles. The minimum Gasteiger partial charge on any atom is -0.342 e. The van der Waals surface area contributed by atoms with Crippen LogP contribution >= 0.6 is 0 Å². The molecule has 3 N–H and O–H groups in total. The first-order chi connectivity index (χ1) is 13.7. The van der Waals surface area contributed by atoms with Crippen molar-refractivity contribution in [2.45, 2.75) is 6.42 Å². The summed E-state index contributed by atoms with van der Waals surface area (Å²) in [6.45, 7) is 0. The monoisotopic (exact) mass is 369 g/mol. The van der Waals surface area contributed by atoms with E-state index in [4.69, 9.17) is 5.21 Å². The van der Waals surface area contributed by atoms with Crippen LogP contribution in [0, 0.1) is 0 Å². The molecule has 28 heavy (non-hydrogen) atoms. The average Bonchev–Trinajstić information content (AvgIpc) is 3.15. The van der Waals surface area contributed by atoms with Crippen LogP contribution in [0.2, 0.25) is 0 Å². The summed E-state index contributed by atoms with van der Waals surface area (Å²) in [5.41, 5.74) is 7.87. The maximum Gasteiger partial charge on any atom is 0.267 e. The third-order valence-corrected chi connectivity index (χ3v) is 4.53. The van der Waals surface area contributed by atoms with E-state index in [2.05, 4.69) is 34.2 Å². The Kier molecular flexibility index (Phi) is 4.99. The predicted octanol–water partition coefficient (Wildman–Crippen LogP) is 4.34. The Hall–Kier alpha value is -3.70. The Morgan fingerprint density at radius 3 is 2.54 bits per heavy atom. The van der Waals surface area contributed by atoms with Gasteiger partial charge in [-0.05, 0) is 40.5 Å². The van der Waals surface area contributed by atoms with Crippen molar-refractivity contribution in [3.63, 3.8) is 0 Å². The fraction of sp³-hybridized carbons (Fsp3) is 0.0435. The van der Waals surface area contributed by atoms with Gasteiger partial charge in [-0.25, -0.2) is 10.5 Å². The molecular weight excluding hydrogens is 350 g/mol. The van der Waals surface area contributed by atoms with Crippen LogP contribution in [0.25, 0.3) is 28.2 Å². The van der Waals surface area contributed by atoms with Crippen molar-refractivity contribution in [3.8, 4) is 11.1 Å². The summed E-state index contributed by atoms with van der Waals surface area (Å²) in [7, 11) is 0. The number of imidazole rings is 1. The molecule has 0 saturated heterocycles. The first-order valence-electron chi connectivity index (χ1n) is 8.96. The zero-order valence-corrected chi connectivity index (χ0v) is 15.1. The third-order valence-electron chi connectivity index (χ3n) is 4.53. The zero-order chi connectivity index (χ0) is 19.3. The van der Waals surface area contributed by atoms with Gasteiger partial charge >= 0.3 is 0 Å². The van der Waals surface area contributed by atoms with E-state index < -0.39 is 5.91 Å². The summed E-state index contributed by atoms with van der Waals surface area (Å²) in [5, 5.41) is 8.50. The van der Waals surface area contributed by atoms with Gasteiger partial charge in [-0.1, -0.05) is 60.7 Å². The van der Waals surface area contributed by atoms with E-state index in [9.17, 15) is 4.79 Å². The maximum atomic E-state index is 11.0.